The van der Waals surface area contributed by atoms with Crippen molar-refractivity contribution < 1.29 is 19.1 Å². The number of methoxy groups -OCH3 is 2. The molecule has 0 bridgehead atoms. The van der Waals surface area contributed by atoms with Gasteiger partial charge >= 0.3 is 0 Å². The van der Waals surface area contributed by atoms with Crippen LogP contribution < -0.4 is 20.1 Å². The highest BCUT2D eigenvalue weighted by Crippen LogP contribution is 2.28. The first-order chi connectivity index (χ1) is 14.6. The normalized spacial score (nSPS) is 14.3. The topological polar surface area (TPSA) is 76.7 Å². The van der Waals surface area contributed by atoms with E-state index in [0.29, 0.717) is 22.7 Å². The molecule has 2 aromatic rings. The Labute approximate surface area is 177 Å². The zero-order chi connectivity index (χ0) is 21.3. The summed E-state index contributed by atoms with van der Waals surface area (Å²) in [5, 5.41) is 5.90. The molecule has 6 nitrogen and oxygen atoms in total. The molecule has 0 radical (unpaired) electrons. The van der Waals surface area contributed by atoms with Crippen LogP contribution in [-0.2, 0) is 4.79 Å². The monoisotopic (exact) mass is 408 g/mol. The summed E-state index contributed by atoms with van der Waals surface area (Å²) in [5.74, 6) is 0.742. The number of carbonyl (C=O) groups is 2. The van der Waals surface area contributed by atoms with Crippen molar-refractivity contribution in [2.24, 2.45) is 0 Å². The lowest BCUT2D eigenvalue weighted by molar-refractivity contribution is -0.111. The molecule has 2 N–H and O–H groups in total. The van der Waals surface area contributed by atoms with Crippen LogP contribution >= 0.6 is 0 Å². The molecule has 158 valence electrons. The van der Waals surface area contributed by atoms with E-state index in [-0.39, 0.29) is 17.9 Å². The zero-order valence-corrected chi connectivity index (χ0v) is 17.4. The third-order valence-electron chi connectivity index (χ3n) is 5.20. The molecule has 0 unspecified atom stereocenters. The van der Waals surface area contributed by atoms with Gasteiger partial charge in [-0.25, -0.2) is 0 Å². The molecule has 1 saturated carbocycles. The first kappa shape index (κ1) is 21.4. The Kier molecular flexibility index (Phi) is 7.49. The summed E-state index contributed by atoms with van der Waals surface area (Å²) in [6, 6.07) is 12.7. The lowest BCUT2D eigenvalue weighted by Crippen LogP contribution is -2.36. The molecule has 6 heteroatoms. The van der Waals surface area contributed by atoms with E-state index in [1.807, 2.05) is 6.07 Å². The van der Waals surface area contributed by atoms with Crippen LogP contribution in [0.25, 0.3) is 6.08 Å². The number of hydrogen-bond acceptors (Lipinski definition) is 4. The van der Waals surface area contributed by atoms with Crippen LogP contribution in [0.15, 0.2) is 48.5 Å². The predicted molar refractivity (Wildman–Crippen MR) is 118 cm³/mol. The van der Waals surface area contributed by atoms with Crippen LogP contribution in [0.4, 0.5) is 5.69 Å². The number of rotatable bonds is 7. The third kappa shape index (κ3) is 5.63. The molecule has 2 amide bonds. The Morgan fingerprint density at radius 1 is 0.967 bits per heavy atom. The number of amides is 2. The van der Waals surface area contributed by atoms with Gasteiger partial charge in [0, 0.05) is 12.1 Å². The maximum Gasteiger partial charge on any atom is 0.253 e. The summed E-state index contributed by atoms with van der Waals surface area (Å²) in [7, 11) is 3.13. The summed E-state index contributed by atoms with van der Waals surface area (Å²) in [6.45, 7) is 0. The van der Waals surface area contributed by atoms with Gasteiger partial charge in [-0.3, -0.25) is 9.59 Å². The second kappa shape index (κ2) is 10.5. The zero-order valence-electron chi connectivity index (χ0n) is 17.4. The molecular formula is C24H28N2O4. The molecule has 0 saturated heterocycles. The Morgan fingerprint density at radius 2 is 1.70 bits per heavy atom. The number of benzene rings is 2. The van der Waals surface area contributed by atoms with Crippen molar-refractivity contribution in [3.8, 4) is 11.5 Å². The van der Waals surface area contributed by atoms with Crippen molar-refractivity contribution in [1.82, 2.24) is 5.32 Å². The lowest BCUT2D eigenvalue weighted by Gasteiger charge is -2.23. The Hall–Kier alpha value is -3.28. The molecule has 0 spiro atoms. The number of nitrogens with one attached hydrogen (secondary N) is 2. The molecule has 1 aliphatic carbocycles. The van der Waals surface area contributed by atoms with Crippen LogP contribution in [-0.4, -0.2) is 32.1 Å². The van der Waals surface area contributed by atoms with Gasteiger partial charge in [-0.1, -0.05) is 37.5 Å². The average Bonchev–Trinajstić information content (AvgIpc) is 2.78. The van der Waals surface area contributed by atoms with E-state index >= 15 is 0 Å². The highest BCUT2D eigenvalue weighted by molar-refractivity contribution is 6.07. The van der Waals surface area contributed by atoms with E-state index in [9.17, 15) is 9.59 Å². The molecule has 0 heterocycles. The SMILES string of the molecule is COc1ccc(/C=C/C(=O)Nc2ccccc2C(=O)NC2CCCCC2)cc1OC. The molecule has 30 heavy (non-hydrogen) atoms. The highest BCUT2D eigenvalue weighted by Gasteiger charge is 2.18. The number of hydrogen-bond donors (Lipinski definition) is 2. The van der Waals surface area contributed by atoms with Crippen molar-refractivity contribution >= 4 is 23.6 Å². The number of carbonyl (C=O) groups excluding carboxylic acids is 2. The quantitative estimate of drug-likeness (QED) is 0.665. The second-order valence-electron chi connectivity index (χ2n) is 7.29. The first-order valence-corrected chi connectivity index (χ1v) is 10.2. The Bertz CT molecular complexity index is 917. The Balaban J connectivity index is 1.66. The van der Waals surface area contributed by atoms with E-state index in [4.69, 9.17) is 9.47 Å². The minimum atomic E-state index is -0.317. The van der Waals surface area contributed by atoms with Crippen LogP contribution in [0.1, 0.15) is 48.0 Å². The first-order valence-electron chi connectivity index (χ1n) is 10.2. The third-order valence-corrected chi connectivity index (χ3v) is 5.20. The van der Waals surface area contributed by atoms with Gasteiger partial charge in [0.1, 0.15) is 0 Å². The van der Waals surface area contributed by atoms with Gasteiger partial charge in [0.05, 0.1) is 25.5 Å². The van der Waals surface area contributed by atoms with Crippen LogP contribution in [0.2, 0.25) is 0 Å². The predicted octanol–water partition coefficient (Wildman–Crippen LogP) is 4.42. The summed E-state index contributed by atoms with van der Waals surface area (Å²) in [5.41, 5.74) is 1.76. The van der Waals surface area contributed by atoms with Crippen molar-refractivity contribution in [2.75, 3.05) is 19.5 Å². The number of ether oxygens (including phenoxy) is 2. The van der Waals surface area contributed by atoms with Crippen molar-refractivity contribution in [3.63, 3.8) is 0 Å². The number of anilines is 1. The van der Waals surface area contributed by atoms with E-state index in [1.54, 1.807) is 56.7 Å². The van der Waals surface area contributed by atoms with Gasteiger partial charge in [0.15, 0.2) is 11.5 Å². The average molecular weight is 408 g/mol. The molecule has 3 rings (SSSR count). The molecule has 1 aliphatic rings. The van der Waals surface area contributed by atoms with Crippen molar-refractivity contribution in [3.05, 3.63) is 59.7 Å². The Morgan fingerprint density at radius 3 is 2.43 bits per heavy atom. The van der Waals surface area contributed by atoms with E-state index in [2.05, 4.69) is 10.6 Å². The summed E-state index contributed by atoms with van der Waals surface area (Å²) < 4.78 is 10.5. The van der Waals surface area contributed by atoms with Crippen LogP contribution in [0.3, 0.4) is 0 Å². The maximum atomic E-state index is 12.7. The smallest absolute Gasteiger partial charge is 0.253 e. The number of para-hydroxylation sites is 1. The molecule has 0 atom stereocenters. The summed E-state index contributed by atoms with van der Waals surface area (Å²) >= 11 is 0. The van der Waals surface area contributed by atoms with Gasteiger partial charge < -0.3 is 20.1 Å². The fourth-order valence-corrected chi connectivity index (χ4v) is 3.60. The fourth-order valence-electron chi connectivity index (χ4n) is 3.60. The van der Waals surface area contributed by atoms with Crippen LogP contribution in [0, 0.1) is 0 Å². The van der Waals surface area contributed by atoms with Crippen molar-refractivity contribution in [2.45, 2.75) is 38.1 Å². The molecule has 1 fully saturated rings. The van der Waals surface area contributed by atoms with E-state index in [1.165, 1.54) is 12.5 Å². The molecule has 0 aromatic heterocycles. The summed E-state index contributed by atoms with van der Waals surface area (Å²) in [4.78, 5) is 25.2. The molecule has 2 aromatic carbocycles. The van der Waals surface area contributed by atoms with Gasteiger partial charge in [0.2, 0.25) is 5.91 Å². The highest BCUT2D eigenvalue weighted by atomic mass is 16.5. The van der Waals surface area contributed by atoms with Gasteiger partial charge in [-0.15, -0.1) is 0 Å². The molecule has 0 aliphatic heterocycles. The van der Waals surface area contributed by atoms with Crippen LogP contribution in [0.5, 0.6) is 11.5 Å². The van der Waals surface area contributed by atoms with Gasteiger partial charge in [0.25, 0.3) is 5.91 Å². The van der Waals surface area contributed by atoms with E-state index < -0.39 is 0 Å². The second-order valence-corrected chi connectivity index (χ2v) is 7.29. The largest absolute Gasteiger partial charge is 0.493 e. The molecular weight excluding hydrogens is 380 g/mol. The van der Waals surface area contributed by atoms with Gasteiger partial charge in [-0.2, -0.15) is 0 Å². The minimum Gasteiger partial charge on any atom is -0.493 e. The maximum absolute atomic E-state index is 12.7. The van der Waals surface area contributed by atoms with Crippen molar-refractivity contribution in [1.29, 1.82) is 0 Å². The summed E-state index contributed by atoms with van der Waals surface area (Å²) in [6.07, 6.45) is 8.64. The van der Waals surface area contributed by atoms with E-state index in [0.717, 1.165) is 31.2 Å². The standard InChI is InChI=1S/C24H28N2O4/c1-29-21-14-12-17(16-22(21)30-2)13-15-23(27)26-20-11-7-6-10-19(20)24(28)25-18-8-4-3-5-9-18/h6-7,10-16,18H,3-5,8-9H2,1-2H3,(H,25,28)(H,26,27)/b15-13+. The fraction of sp³-hybridized carbons (Fsp3) is 0.333. The minimum absolute atomic E-state index is 0.151. The lowest BCUT2D eigenvalue weighted by atomic mass is 9.95. The van der Waals surface area contributed by atoms with Gasteiger partial charge in [-0.05, 0) is 48.7 Å².